The topological polar surface area (TPSA) is 70.4 Å². The molecule has 1 aliphatic rings. The van der Waals surface area contributed by atoms with Gasteiger partial charge in [0.25, 0.3) is 0 Å². The highest BCUT2D eigenvalue weighted by Crippen LogP contribution is 2.24. The van der Waals surface area contributed by atoms with Crippen LogP contribution in [0.15, 0.2) is 35.3 Å². The van der Waals surface area contributed by atoms with Crippen molar-refractivity contribution < 1.29 is 0 Å². The molecule has 1 unspecified atom stereocenters. The summed E-state index contributed by atoms with van der Waals surface area (Å²) in [6, 6.07) is 11.7. The standard InChI is InChI=1S/C23H37N7.HI/c1-5-6-14-24-23(25-17-22-28-27-19(3)29(22)4)26-21-12-15-30(16-13-21)18(2)20-10-8-7-9-11-20;/h7-11,18,21H,5-6,12-17H2,1-4H3,(H2,24,25,26);1H. The SMILES string of the molecule is CCCCNC(=NCc1nnc(C)n1C)NC1CCN(C(C)c2ccccc2)CC1.I. The molecule has 0 radical (unpaired) electrons. The number of piperidine rings is 1. The fraction of sp³-hybridized carbons (Fsp3) is 0.609. The van der Waals surface area contributed by atoms with Crippen molar-refractivity contribution in [2.45, 2.75) is 65.1 Å². The molecule has 0 spiro atoms. The maximum atomic E-state index is 4.79. The van der Waals surface area contributed by atoms with E-state index in [2.05, 4.69) is 69.9 Å². The molecule has 8 heteroatoms. The van der Waals surface area contributed by atoms with Crippen molar-refractivity contribution in [2.24, 2.45) is 12.0 Å². The van der Waals surface area contributed by atoms with E-state index in [4.69, 9.17) is 4.99 Å². The van der Waals surface area contributed by atoms with Crippen LogP contribution in [0.5, 0.6) is 0 Å². The Morgan fingerprint density at radius 1 is 1.19 bits per heavy atom. The Balaban J connectivity index is 0.00000341. The van der Waals surface area contributed by atoms with Crippen LogP contribution in [0.25, 0.3) is 0 Å². The molecule has 1 saturated heterocycles. The first-order valence-electron chi connectivity index (χ1n) is 11.3. The van der Waals surface area contributed by atoms with Crippen LogP contribution in [0.2, 0.25) is 0 Å². The van der Waals surface area contributed by atoms with Crippen molar-refractivity contribution in [1.29, 1.82) is 0 Å². The van der Waals surface area contributed by atoms with E-state index in [9.17, 15) is 0 Å². The zero-order valence-electron chi connectivity index (χ0n) is 19.3. The molecule has 172 valence electrons. The van der Waals surface area contributed by atoms with E-state index >= 15 is 0 Å². The van der Waals surface area contributed by atoms with Gasteiger partial charge < -0.3 is 15.2 Å². The summed E-state index contributed by atoms with van der Waals surface area (Å²) >= 11 is 0. The van der Waals surface area contributed by atoms with Crippen LogP contribution >= 0.6 is 24.0 Å². The summed E-state index contributed by atoms with van der Waals surface area (Å²) in [4.78, 5) is 7.37. The van der Waals surface area contributed by atoms with E-state index in [1.165, 1.54) is 12.0 Å². The number of unbranched alkanes of at least 4 members (excludes halogenated alkanes) is 1. The Morgan fingerprint density at radius 2 is 1.90 bits per heavy atom. The first kappa shape index (κ1) is 25.6. The van der Waals surface area contributed by atoms with Crippen molar-refractivity contribution in [3.05, 3.63) is 47.5 Å². The third-order valence-corrected chi connectivity index (χ3v) is 6.08. The maximum absolute atomic E-state index is 4.79. The number of nitrogens with zero attached hydrogens (tertiary/aromatic N) is 5. The monoisotopic (exact) mass is 539 g/mol. The second-order valence-corrected chi connectivity index (χ2v) is 8.21. The predicted octanol–water partition coefficient (Wildman–Crippen LogP) is 3.80. The minimum atomic E-state index is 0. The van der Waals surface area contributed by atoms with E-state index < -0.39 is 0 Å². The van der Waals surface area contributed by atoms with Crippen molar-refractivity contribution in [1.82, 2.24) is 30.3 Å². The number of aliphatic imine (C=N–C) groups is 1. The summed E-state index contributed by atoms with van der Waals surface area (Å²) in [6.45, 7) is 10.1. The summed E-state index contributed by atoms with van der Waals surface area (Å²) in [5, 5.41) is 15.5. The summed E-state index contributed by atoms with van der Waals surface area (Å²) in [6.07, 6.45) is 4.54. The van der Waals surface area contributed by atoms with Gasteiger partial charge >= 0.3 is 0 Å². The van der Waals surface area contributed by atoms with Gasteiger partial charge in [-0.3, -0.25) is 4.90 Å². The fourth-order valence-electron chi connectivity index (χ4n) is 3.84. The molecule has 3 rings (SSSR count). The van der Waals surface area contributed by atoms with Gasteiger partial charge in [-0.25, -0.2) is 4.99 Å². The number of likely N-dealkylation sites (tertiary alicyclic amines) is 1. The molecule has 1 aliphatic heterocycles. The number of aromatic nitrogens is 3. The number of guanidine groups is 1. The molecule has 0 bridgehead atoms. The van der Waals surface area contributed by atoms with Crippen molar-refractivity contribution >= 4 is 29.9 Å². The number of halogens is 1. The lowest BCUT2D eigenvalue weighted by Gasteiger charge is -2.37. The minimum Gasteiger partial charge on any atom is -0.356 e. The molecule has 2 N–H and O–H groups in total. The smallest absolute Gasteiger partial charge is 0.191 e. The van der Waals surface area contributed by atoms with E-state index in [1.807, 2.05) is 18.5 Å². The normalized spacial score (nSPS) is 16.6. The Bertz CT molecular complexity index is 798. The van der Waals surface area contributed by atoms with Gasteiger partial charge in [0.05, 0.1) is 0 Å². The molecule has 0 saturated carbocycles. The average Bonchev–Trinajstić information content (AvgIpc) is 3.10. The van der Waals surface area contributed by atoms with Crippen LogP contribution in [0, 0.1) is 6.92 Å². The molecule has 1 fully saturated rings. The number of rotatable bonds is 8. The molecule has 1 aromatic carbocycles. The lowest BCUT2D eigenvalue weighted by atomic mass is 10.0. The molecular formula is C23H38IN7. The van der Waals surface area contributed by atoms with Crippen LogP contribution in [-0.2, 0) is 13.6 Å². The molecule has 1 aromatic heterocycles. The molecular weight excluding hydrogens is 501 g/mol. The lowest BCUT2D eigenvalue weighted by Crippen LogP contribution is -2.49. The average molecular weight is 540 g/mol. The molecule has 2 aromatic rings. The highest BCUT2D eigenvalue weighted by molar-refractivity contribution is 14.0. The van der Waals surface area contributed by atoms with Crippen LogP contribution in [-0.4, -0.2) is 51.3 Å². The Hall–Kier alpha value is -1.68. The van der Waals surface area contributed by atoms with Gasteiger partial charge in [0.2, 0.25) is 0 Å². The van der Waals surface area contributed by atoms with Gasteiger partial charge in [0.1, 0.15) is 12.4 Å². The van der Waals surface area contributed by atoms with Gasteiger partial charge in [-0.15, -0.1) is 34.2 Å². The summed E-state index contributed by atoms with van der Waals surface area (Å²) in [5.74, 6) is 2.68. The first-order valence-corrected chi connectivity index (χ1v) is 11.3. The number of nitrogens with one attached hydrogen (secondary N) is 2. The summed E-state index contributed by atoms with van der Waals surface area (Å²) < 4.78 is 2.00. The third kappa shape index (κ3) is 7.45. The van der Waals surface area contributed by atoms with Crippen LogP contribution in [0.4, 0.5) is 0 Å². The quantitative estimate of drug-likeness (QED) is 0.231. The van der Waals surface area contributed by atoms with Gasteiger partial charge in [-0.1, -0.05) is 43.7 Å². The molecule has 7 nitrogen and oxygen atoms in total. The number of benzene rings is 1. The number of hydrogen-bond acceptors (Lipinski definition) is 4. The van der Waals surface area contributed by atoms with Gasteiger partial charge in [0, 0.05) is 38.8 Å². The molecule has 0 aliphatic carbocycles. The summed E-state index contributed by atoms with van der Waals surface area (Å²) in [7, 11) is 1.99. The van der Waals surface area contributed by atoms with E-state index in [-0.39, 0.29) is 24.0 Å². The zero-order chi connectivity index (χ0) is 21.3. The molecule has 2 heterocycles. The first-order chi connectivity index (χ1) is 14.6. The Morgan fingerprint density at radius 3 is 2.52 bits per heavy atom. The van der Waals surface area contributed by atoms with Gasteiger partial charge in [-0.05, 0) is 38.7 Å². The van der Waals surface area contributed by atoms with Crippen LogP contribution in [0.1, 0.15) is 62.8 Å². The highest BCUT2D eigenvalue weighted by Gasteiger charge is 2.24. The highest BCUT2D eigenvalue weighted by atomic mass is 127. The van der Waals surface area contributed by atoms with E-state index in [0.29, 0.717) is 18.6 Å². The van der Waals surface area contributed by atoms with Crippen molar-refractivity contribution in [3.63, 3.8) is 0 Å². The largest absolute Gasteiger partial charge is 0.356 e. The Kier molecular flexibility index (Phi) is 10.7. The number of aryl methyl sites for hydroxylation is 1. The van der Waals surface area contributed by atoms with Crippen molar-refractivity contribution in [3.8, 4) is 0 Å². The second-order valence-electron chi connectivity index (χ2n) is 8.21. The predicted molar refractivity (Wildman–Crippen MR) is 138 cm³/mol. The molecule has 31 heavy (non-hydrogen) atoms. The van der Waals surface area contributed by atoms with Gasteiger partial charge in [0.15, 0.2) is 11.8 Å². The van der Waals surface area contributed by atoms with Crippen LogP contribution in [0.3, 0.4) is 0 Å². The fourth-order valence-corrected chi connectivity index (χ4v) is 3.84. The van der Waals surface area contributed by atoms with Crippen molar-refractivity contribution in [2.75, 3.05) is 19.6 Å². The molecule has 1 atom stereocenters. The Labute approximate surface area is 204 Å². The third-order valence-electron chi connectivity index (χ3n) is 6.08. The molecule has 0 amide bonds. The lowest BCUT2D eigenvalue weighted by molar-refractivity contribution is 0.158. The minimum absolute atomic E-state index is 0. The van der Waals surface area contributed by atoms with E-state index in [0.717, 1.165) is 56.5 Å². The van der Waals surface area contributed by atoms with E-state index in [1.54, 1.807) is 0 Å². The summed E-state index contributed by atoms with van der Waals surface area (Å²) in [5.41, 5.74) is 1.39. The number of hydrogen-bond donors (Lipinski definition) is 2. The maximum Gasteiger partial charge on any atom is 0.191 e. The van der Waals surface area contributed by atoms with Gasteiger partial charge in [-0.2, -0.15) is 0 Å². The second kappa shape index (κ2) is 13.0. The zero-order valence-corrected chi connectivity index (χ0v) is 21.7. The van der Waals surface area contributed by atoms with Crippen LogP contribution < -0.4 is 10.6 Å².